The molecule has 3 aromatic rings. The molecule has 0 spiro atoms. The van der Waals surface area contributed by atoms with Crippen molar-refractivity contribution in [3.05, 3.63) is 36.0 Å². The maximum Gasteiger partial charge on any atom is 0.235 e. The van der Waals surface area contributed by atoms with Crippen LogP contribution in [0.2, 0.25) is 0 Å². The summed E-state index contributed by atoms with van der Waals surface area (Å²) >= 11 is 0. The first-order valence-corrected chi connectivity index (χ1v) is 12.9. The predicted octanol–water partition coefficient (Wildman–Crippen LogP) is 3.11. The maximum absolute atomic E-state index is 12.6. The van der Waals surface area contributed by atoms with E-state index in [1.165, 1.54) is 0 Å². The molecule has 1 saturated heterocycles. The van der Waals surface area contributed by atoms with Gasteiger partial charge in [0.25, 0.3) is 0 Å². The highest BCUT2D eigenvalue weighted by molar-refractivity contribution is 7.93. The quantitative estimate of drug-likeness (QED) is 0.462. The van der Waals surface area contributed by atoms with Gasteiger partial charge in [0.05, 0.1) is 52.6 Å². The van der Waals surface area contributed by atoms with Gasteiger partial charge in [0.15, 0.2) is 0 Å². The van der Waals surface area contributed by atoms with Crippen LogP contribution in [0.4, 0.5) is 11.5 Å². The molecule has 1 atom stereocenters. The largest absolute Gasteiger partial charge is 0.377 e. The molecule has 0 aromatic carbocycles. The monoisotopic (exact) mass is 472 g/mol. The fraction of sp³-hybridized carbons (Fsp3) is 0.478. The summed E-state index contributed by atoms with van der Waals surface area (Å²) in [6.45, 7) is 8.07. The Balaban J connectivity index is 1.79. The van der Waals surface area contributed by atoms with Crippen LogP contribution in [-0.4, -0.2) is 61.5 Å². The van der Waals surface area contributed by atoms with Gasteiger partial charge in [-0.1, -0.05) is 6.92 Å². The van der Waals surface area contributed by atoms with E-state index in [0.717, 1.165) is 35.5 Å². The van der Waals surface area contributed by atoms with E-state index in [1.807, 2.05) is 25.2 Å². The van der Waals surface area contributed by atoms with Crippen LogP contribution in [0, 0.1) is 0 Å². The summed E-state index contributed by atoms with van der Waals surface area (Å²) < 4.78 is 33.6. The van der Waals surface area contributed by atoms with Crippen molar-refractivity contribution in [3.8, 4) is 11.4 Å². The second kappa shape index (κ2) is 9.66. The molecule has 0 saturated carbocycles. The Morgan fingerprint density at radius 1 is 1.21 bits per heavy atom. The average Bonchev–Trinajstić information content (AvgIpc) is 3.20. The van der Waals surface area contributed by atoms with E-state index in [1.54, 1.807) is 26.0 Å². The third-order valence-corrected chi connectivity index (χ3v) is 7.61. The summed E-state index contributed by atoms with van der Waals surface area (Å²) in [5, 5.41) is 2.58. The minimum Gasteiger partial charge on any atom is -0.377 e. The van der Waals surface area contributed by atoms with E-state index in [9.17, 15) is 8.42 Å². The van der Waals surface area contributed by atoms with Crippen molar-refractivity contribution < 1.29 is 13.2 Å². The van der Waals surface area contributed by atoms with Crippen molar-refractivity contribution in [1.82, 2.24) is 20.3 Å². The van der Waals surface area contributed by atoms with Crippen molar-refractivity contribution in [1.29, 1.82) is 0 Å². The molecule has 3 N–H and O–H groups in total. The number of aromatic nitrogens is 3. The molecule has 178 valence electrons. The van der Waals surface area contributed by atoms with Crippen LogP contribution in [-0.2, 0) is 21.3 Å². The van der Waals surface area contributed by atoms with Gasteiger partial charge in [0.1, 0.15) is 5.82 Å². The molecule has 1 aliphatic heterocycles. The van der Waals surface area contributed by atoms with Gasteiger partial charge < -0.3 is 19.9 Å². The van der Waals surface area contributed by atoms with E-state index in [-0.39, 0.29) is 6.04 Å². The van der Waals surface area contributed by atoms with Gasteiger partial charge in [-0.3, -0.25) is 4.72 Å². The lowest BCUT2D eigenvalue weighted by Crippen LogP contribution is -2.45. The zero-order valence-electron chi connectivity index (χ0n) is 19.6. The van der Waals surface area contributed by atoms with Crippen molar-refractivity contribution in [2.75, 3.05) is 36.4 Å². The van der Waals surface area contributed by atoms with Crippen molar-refractivity contribution in [2.24, 2.45) is 0 Å². The minimum absolute atomic E-state index is 0.181. The molecule has 3 aromatic heterocycles. The van der Waals surface area contributed by atoms with Gasteiger partial charge in [0, 0.05) is 24.8 Å². The lowest BCUT2D eigenvalue weighted by atomic mass is 10.1. The zero-order valence-corrected chi connectivity index (χ0v) is 20.4. The number of nitrogens with zero attached hydrogens (tertiary/aromatic N) is 3. The number of rotatable bonds is 8. The third-order valence-electron chi connectivity index (χ3n) is 5.85. The molecule has 9 nitrogen and oxygen atoms in total. The van der Waals surface area contributed by atoms with Crippen LogP contribution in [0.3, 0.4) is 0 Å². The van der Waals surface area contributed by atoms with Crippen LogP contribution in [0.25, 0.3) is 22.4 Å². The van der Waals surface area contributed by atoms with E-state index < -0.39 is 15.3 Å². The topological polar surface area (TPSA) is 112 Å². The standard InChI is InChI=1S/C23H32N6O3S/c1-5-18-14-32-9-8-29(18)23-12-16(28-33(30,31)15(2)3)10-22(27-23)20-7-6-19-21(26-20)11-17(25-19)13-24-4/h6-7,10-12,15,18,24-25H,5,8-9,13-14H2,1-4H3,(H,27,28)/t18-/m0/s1. The van der Waals surface area contributed by atoms with E-state index in [2.05, 4.69) is 26.8 Å². The highest BCUT2D eigenvalue weighted by atomic mass is 32.2. The summed E-state index contributed by atoms with van der Waals surface area (Å²) in [5.74, 6) is 0.718. The summed E-state index contributed by atoms with van der Waals surface area (Å²) in [4.78, 5) is 15.2. The molecular formula is C23H32N6O3S. The normalized spacial score (nSPS) is 17.1. The molecule has 0 aliphatic carbocycles. The van der Waals surface area contributed by atoms with E-state index >= 15 is 0 Å². The number of fused-ring (bicyclic) bond motifs is 1. The van der Waals surface area contributed by atoms with Crippen LogP contribution in [0.5, 0.6) is 0 Å². The van der Waals surface area contributed by atoms with E-state index in [0.29, 0.717) is 36.8 Å². The summed E-state index contributed by atoms with van der Waals surface area (Å²) in [6.07, 6.45) is 0.904. The Morgan fingerprint density at radius 2 is 2.03 bits per heavy atom. The fourth-order valence-corrected chi connectivity index (χ4v) is 4.61. The number of H-pyrrole nitrogens is 1. The number of ether oxygens (including phenoxy) is 1. The molecule has 33 heavy (non-hydrogen) atoms. The molecule has 0 amide bonds. The number of hydrogen-bond acceptors (Lipinski definition) is 7. The second-order valence-corrected chi connectivity index (χ2v) is 10.8. The molecule has 0 unspecified atom stereocenters. The number of anilines is 2. The Kier molecular flexibility index (Phi) is 6.87. The van der Waals surface area contributed by atoms with Crippen LogP contribution >= 0.6 is 0 Å². The summed E-state index contributed by atoms with van der Waals surface area (Å²) in [7, 11) is -1.61. The molecule has 4 rings (SSSR count). The average molecular weight is 473 g/mol. The molecule has 0 bridgehead atoms. The first-order valence-electron chi connectivity index (χ1n) is 11.3. The number of aromatic amines is 1. The highest BCUT2D eigenvalue weighted by Gasteiger charge is 2.25. The molecule has 0 radical (unpaired) electrons. The summed E-state index contributed by atoms with van der Waals surface area (Å²) in [5.41, 5.74) is 4.62. The van der Waals surface area contributed by atoms with Gasteiger partial charge in [-0.25, -0.2) is 18.4 Å². The first kappa shape index (κ1) is 23.5. The Bertz CT molecular complexity index is 1220. The van der Waals surface area contributed by atoms with Crippen molar-refractivity contribution in [2.45, 2.75) is 45.0 Å². The number of pyridine rings is 2. The van der Waals surface area contributed by atoms with Gasteiger partial charge in [-0.2, -0.15) is 0 Å². The van der Waals surface area contributed by atoms with Crippen LogP contribution < -0.4 is 14.9 Å². The number of hydrogen-bond donors (Lipinski definition) is 3. The third kappa shape index (κ3) is 5.13. The molecule has 10 heteroatoms. The van der Waals surface area contributed by atoms with Gasteiger partial charge in [0.2, 0.25) is 10.0 Å². The lowest BCUT2D eigenvalue weighted by molar-refractivity contribution is 0.0926. The van der Waals surface area contributed by atoms with Crippen molar-refractivity contribution >= 4 is 32.6 Å². The minimum atomic E-state index is -3.51. The first-order chi connectivity index (χ1) is 15.8. The smallest absolute Gasteiger partial charge is 0.235 e. The molecule has 1 aliphatic rings. The zero-order chi connectivity index (χ0) is 23.6. The van der Waals surface area contributed by atoms with Crippen LogP contribution in [0.15, 0.2) is 30.3 Å². The molecule has 1 fully saturated rings. The Hall–Kier alpha value is -2.69. The van der Waals surface area contributed by atoms with E-state index in [4.69, 9.17) is 14.7 Å². The molecule has 4 heterocycles. The Morgan fingerprint density at radius 3 is 2.76 bits per heavy atom. The maximum atomic E-state index is 12.6. The summed E-state index contributed by atoms with van der Waals surface area (Å²) in [6, 6.07) is 9.63. The second-order valence-electron chi connectivity index (χ2n) is 8.58. The fourth-order valence-electron chi connectivity index (χ4n) is 3.92. The predicted molar refractivity (Wildman–Crippen MR) is 132 cm³/mol. The Labute approximate surface area is 195 Å². The van der Waals surface area contributed by atoms with Gasteiger partial charge >= 0.3 is 0 Å². The van der Waals surface area contributed by atoms with Crippen LogP contribution in [0.1, 0.15) is 32.9 Å². The highest BCUT2D eigenvalue weighted by Crippen LogP contribution is 2.29. The number of morpholine rings is 1. The number of sulfonamides is 1. The van der Waals surface area contributed by atoms with Crippen molar-refractivity contribution in [3.63, 3.8) is 0 Å². The van der Waals surface area contributed by atoms with Gasteiger partial charge in [-0.15, -0.1) is 0 Å². The lowest BCUT2D eigenvalue weighted by Gasteiger charge is -2.36. The SMILES string of the molecule is CC[C@H]1COCCN1c1cc(NS(=O)(=O)C(C)C)cc(-c2ccc3[nH]c(CNC)cc3n2)n1. The number of nitrogens with one attached hydrogen (secondary N) is 3. The molecular weight excluding hydrogens is 440 g/mol. The van der Waals surface area contributed by atoms with Gasteiger partial charge in [-0.05, 0) is 51.6 Å².